The van der Waals surface area contributed by atoms with Gasteiger partial charge in [-0.05, 0) is 13.3 Å². The van der Waals surface area contributed by atoms with Crippen molar-refractivity contribution < 1.29 is 18.4 Å². The predicted molar refractivity (Wildman–Crippen MR) is 72.0 cm³/mol. The number of amides is 2. The highest BCUT2D eigenvalue weighted by atomic mass is 35.5. The Morgan fingerprint density at radius 1 is 1.60 bits per heavy atom. The number of alkyl halides is 2. The molecule has 0 saturated carbocycles. The van der Waals surface area contributed by atoms with Crippen LogP contribution in [-0.2, 0) is 9.59 Å². The summed E-state index contributed by atoms with van der Waals surface area (Å²) in [5.41, 5.74) is 0. The molecule has 0 radical (unpaired) electrons. The summed E-state index contributed by atoms with van der Waals surface area (Å²) in [4.78, 5) is 24.9. The number of halogens is 3. The molecule has 2 amide bonds. The van der Waals surface area contributed by atoms with Crippen molar-refractivity contribution in [2.45, 2.75) is 44.2 Å². The summed E-state index contributed by atoms with van der Waals surface area (Å²) in [6.07, 6.45) is 0.932. The lowest BCUT2D eigenvalue weighted by Gasteiger charge is -2.23. The highest BCUT2D eigenvalue weighted by molar-refractivity contribution is 5.85. The van der Waals surface area contributed by atoms with Gasteiger partial charge in [-0.2, -0.15) is 0 Å². The summed E-state index contributed by atoms with van der Waals surface area (Å²) in [5, 5.41) is 5.19. The zero-order valence-corrected chi connectivity index (χ0v) is 12.1. The van der Waals surface area contributed by atoms with Crippen molar-refractivity contribution in [3.8, 4) is 0 Å². The van der Waals surface area contributed by atoms with Crippen LogP contribution in [0.2, 0.25) is 0 Å². The molecule has 5 nitrogen and oxygen atoms in total. The van der Waals surface area contributed by atoms with Crippen LogP contribution < -0.4 is 10.6 Å². The Labute approximate surface area is 122 Å². The Kier molecular flexibility index (Phi) is 5.70. The van der Waals surface area contributed by atoms with Gasteiger partial charge in [-0.1, -0.05) is 0 Å². The van der Waals surface area contributed by atoms with Gasteiger partial charge < -0.3 is 10.2 Å². The van der Waals surface area contributed by atoms with Gasteiger partial charge in [0.05, 0.1) is 12.6 Å². The zero-order valence-electron chi connectivity index (χ0n) is 11.3. The molecule has 2 saturated heterocycles. The van der Waals surface area contributed by atoms with Crippen molar-refractivity contribution in [2.24, 2.45) is 0 Å². The lowest BCUT2D eigenvalue weighted by atomic mass is 10.1. The monoisotopic (exact) mass is 311 g/mol. The van der Waals surface area contributed by atoms with Crippen LogP contribution in [0.15, 0.2) is 0 Å². The van der Waals surface area contributed by atoms with E-state index >= 15 is 0 Å². The van der Waals surface area contributed by atoms with Crippen molar-refractivity contribution in [3.05, 3.63) is 0 Å². The molecular weight excluding hydrogens is 292 g/mol. The molecule has 116 valence electrons. The molecule has 2 aliphatic rings. The third-order valence-electron chi connectivity index (χ3n) is 3.48. The first kappa shape index (κ1) is 17.1. The Bertz CT molecular complexity index is 382. The minimum atomic E-state index is -2.81. The summed E-state index contributed by atoms with van der Waals surface area (Å²) in [6, 6.07) is -1.07. The van der Waals surface area contributed by atoms with Crippen LogP contribution in [0.1, 0.15) is 26.2 Å². The Balaban J connectivity index is 0.00000200. The molecule has 0 aromatic rings. The van der Waals surface area contributed by atoms with Gasteiger partial charge in [0.2, 0.25) is 11.8 Å². The van der Waals surface area contributed by atoms with E-state index in [1.807, 2.05) is 0 Å². The van der Waals surface area contributed by atoms with Gasteiger partial charge in [0.1, 0.15) is 0 Å². The van der Waals surface area contributed by atoms with Gasteiger partial charge in [0, 0.05) is 32.0 Å². The highest BCUT2D eigenvalue weighted by Gasteiger charge is 2.42. The Hall–Kier alpha value is -0.950. The number of nitrogens with one attached hydrogen (secondary N) is 2. The predicted octanol–water partition coefficient (Wildman–Crippen LogP) is 0.532. The van der Waals surface area contributed by atoms with Crippen molar-refractivity contribution in [1.29, 1.82) is 0 Å². The minimum Gasteiger partial charge on any atom is -0.351 e. The quantitative estimate of drug-likeness (QED) is 0.796. The number of carbonyl (C=O) groups excluding carboxylic acids is 2. The highest BCUT2D eigenvalue weighted by Crippen LogP contribution is 2.25. The van der Waals surface area contributed by atoms with Gasteiger partial charge in [0.25, 0.3) is 5.92 Å². The van der Waals surface area contributed by atoms with E-state index in [4.69, 9.17) is 0 Å². The molecule has 0 aliphatic carbocycles. The largest absolute Gasteiger partial charge is 0.351 e. The van der Waals surface area contributed by atoms with E-state index in [9.17, 15) is 18.4 Å². The second-order valence-electron chi connectivity index (χ2n) is 5.35. The number of carbonyl (C=O) groups is 2. The van der Waals surface area contributed by atoms with Crippen molar-refractivity contribution in [3.63, 3.8) is 0 Å². The average Bonchev–Trinajstić information content (AvgIpc) is 2.85. The molecule has 0 aromatic carbocycles. The normalized spacial score (nSPS) is 26.2. The average molecular weight is 312 g/mol. The Morgan fingerprint density at radius 2 is 2.30 bits per heavy atom. The second kappa shape index (κ2) is 6.67. The van der Waals surface area contributed by atoms with Crippen LogP contribution in [0.5, 0.6) is 0 Å². The van der Waals surface area contributed by atoms with Crippen LogP contribution in [0.4, 0.5) is 8.78 Å². The maximum Gasteiger partial charge on any atom is 0.262 e. The molecule has 2 heterocycles. The van der Waals surface area contributed by atoms with Crippen LogP contribution in [-0.4, -0.2) is 54.4 Å². The molecule has 20 heavy (non-hydrogen) atoms. The summed E-state index contributed by atoms with van der Waals surface area (Å²) >= 11 is 0. The van der Waals surface area contributed by atoms with Crippen LogP contribution in [0, 0.1) is 0 Å². The van der Waals surface area contributed by atoms with E-state index in [-0.39, 0.29) is 24.4 Å². The molecule has 2 N–H and O–H groups in total. The molecule has 2 fully saturated rings. The van der Waals surface area contributed by atoms with Crippen LogP contribution in [0.3, 0.4) is 0 Å². The number of nitrogens with zero attached hydrogens (tertiary/aromatic N) is 1. The molecule has 0 spiro atoms. The van der Waals surface area contributed by atoms with Crippen molar-refractivity contribution in [2.75, 3.05) is 19.6 Å². The van der Waals surface area contributed by atoms with Crippen LogP contribution in [0.25, 0.3) is 0 Å². The molecular formula is C12H20ClF2N3O2. The van der Waals surface area contributed by atoms with Gasteiger partial charge in [0.15, 0.2) is 0 Å². The van der Waals surface area contributed by atoms with Crippen molar-refractivity contribution in [1.82, 2.24) is 15.5 Å². The molecule has 0 aromatic heterocycles. The van der Waals surface area contributed by atoms with E-state index in [1.54, 1.807) is 11.8 Å². The fourth-order valence-electron chi connectivity index (χ4n) is 2.52. The molecule has 2 atom stereocenters. The summed E-state index contributed by atoms with van der Waals surface area (Å²) in [6.45, 7) is 2.47. The fourth-order valence-corrected chi connectivity index (χ4v) is 2.52. The first-order valence-electron chi connectivity index (χ1n) is 6.57. The first-order valence-corrected chi connectivity index (χ1v) is 6.57. The molecule has 2 unspecified atom stereocenters. The molecule has 2 aliphatic heterocycles. The fraction of sp³-hybridized carbons (Fsp3) is 0.833. The smallest absolute Gasteiger partial charge is 0.262 e. The number of rotatable bonds is 4. The zero-order chi connectivity index (χ0) is 14.0. The van der Waals surface area contributed by atoms with E-state index < -0.39 is 30.8 Å². The summed E-state index contributed by atoms with van der Waals surface area (Å²) in [7, 11) is 0. The molecule has 0 bridgehead atoms. The van der Waals surface area contributed by atoms with Gasteiger partial charge in [-0.3, -0.25) is 14.9 Å². The first-order chi connectivity index (χ1) is 8.87. The molecule has 2 rings (SSSR count). The number of hydrogen-bond acceptors (Lipinski definition) is 3. The lowest BCUT2D eigenvalue weighted by molar-refractivity contribution is -0.129. The minimum absolute atomic E-state index is 0. The lowest BCUT2D eigenvalue weighted by Crippen LogP contribution is -2.48. The summed E-state index contributed by atoms with van der Waals surface area (Å²) in [5.74, 6) is -3.14. The summed E-state index contributed by atoms with van der Waals surface area (Å²) < 4.78 is 26.0. The number of hydrogen-bond donors (Lipinski definition) is 2. The third-order valence-corrected chi connectivity index (χ3v) is 3.48. The van der Waals surface area contributed by atoms with Crippen LogP contribution >= 0.6 is 12.4 Å². The maximum atomic E-state index is 13.0. The third kappa shape index (κ3) is 4.28. The van der Waals surface area contributed by atoms with E-state index in [2.05, 4.69) is 10.6 Å². The van der Waals surface area contributed by atoms with Gasteiger partial charge in [-0.25, -0.2) is 8.78 Å². The van der Waals surface area contributed by atoms with E-state index in [0.29, 0.717) is 19.5 Å². The van der Waals surface area contributed by atoms with Gasteiger partial charge >= 0.3 is 0 Å². The second-order valence-corrected chi connectivity index (χ2v) is 5.35. The van der Waals surface area contributed by atoms with Crippen molar-refractivity contribution >= 4 is 24.2 Å². The number of likely N-dealkylation sites (tertiary alicyclic amines) is 1. The maximum absolute atomic E-state index is 13.0. The Morgan fingerprint density at radius 3 is 2.80 bits per heavy atom. The topological polar surface area (TPSA) is 61.4 Å². The SMILES string of the molecule is CC(CN1CCCC1=O)NC(=O)C1CC(F)(F)CN1.Cl. The van der Waals surface area contributed by atoms with Gasteiger partial charge in [-0.15, -0.1) is 12.4 Å². The van der Waals surface area contributed by atoms with E-state index in [0.717, 1.165) is 6.42 Å². The van der Waals surface area contributed by atoms with E-state index in [1.165, 1.54) is 0 Å². The standard InChI is InChI=1S/C12H19F2N3O2.ClH/c1-8(6-17-4-2-3-10(17)18)16-11(19)9-5-12(13,14)7-15-9;/h8-9,15H,2-7H2,1H3,(H,16,19);1H. The molecule has 8 heteroatoms.